The fourth-order valence-electron chi connectivity index (χ4n) is 3.97. The van der Waals surface area contributed by atoms with Crippen molar-refractivity contribution in [3.63, 3.8) is 0 Å². The zero-order chi connectivity index (χ0) is 15.6. The molecule has 3 heterocycles. The van der Waals surface area contributed by atoms with E-state index in [2.05, 4.69) is 29.2 Å². The molecule has 0 spiro atoms. The fourth-order valence-corrected chi connectivity index (χ4v) is 3.97. The van der Waals surface area contributed by atoms with Crippen molar-refractivity contribution in [3.8, 4) is 0 Å². The second kappa shape index (κ2) is 6.41. The van der Waals surface area contributed by atoms with Gasteiger partial charge < -0.3 is 10.2 Å². The number of piperidine rings is 2. The Morgan fingerprint density at radius 2 is 1.95 bits per heavy atom. The van der Waals surface area contributed by atoms with Crippen molar-refractivity contribution in [1.82, 2.24) is 20.0 Å². The molecule has 2 saturated heterocycles. The summed E-state index contributed by atoms with van der Waals surface area (Å²) in [5.41, 5.74) is -0.473. The molecule has 0 radical (unpaired) electrons. The quantitative estimate of drug-likeness (QED) is 0.927. The number of hydrogen-bond donors (Lipinski definition) is 1. The summed E-state index contributed by atoms with van der Waals surface area (Å²) in [7, 11) is 0. The van der Waals surface area contributed by atoms with Gasteiger partial charge in [-0.05, 0) is 56.7 Å². The van der Waals surface area contributed by atoms with E-state index in [4.69, 9.17) is 0 Å². The van der Waals surface area contributed by atoms with Crippen LogP contribution in [-0.4, -0.2) is 46.8 Å². The Morgan fingerprint density at radius 3 is 2.50 bits per heavy atom. The van der Waals surface area contributed by atoms with E-state index >= 15 is 0 Å². The van der Waals surface area contributed by atoms with Crippen LogP contribution in [0, 0.1) is 11.8 Å². The van der Waals surface area contributed by atoms with Crippen LogP contribution in [0.5, 0.6) is 0 Å². The van der Waals surface area contributed by atoms with E-state index in [1.165, 1.54) is 0 Å². The highest BCUT2D eigenvalue weighted by molar-refractivity contribution is 5.84. The minimum absolute atomic E-state index is 0.278. The van der Waals surface area contributed by atoms with Crippen molar-refractivity contribution in [2.75, 3.05) is 26.2 Å². The van der Waals surface area contributed by atoms with Crippen LogP contribution < -0.4 is 5.32 Å². The zero-order valence-electron chi connectivity index (χ0n) is 13.8. The maximum atomic E-state index is 13.3. The van der Waals surface area contributed by atoms with Gasteiger partial charge in [0.05, 0.1) is 0 Å². The predicted octanol–water partition coefficient (Wildman–Crippen LogP) is 1.86. The molecule has 122 valence electrons. The Hall–Kier alpha value is -1.36. The van der Waals surface area contributed by atoms with Gasteiger partial charge in [0.15, 0.2) is 0 Å². The molecule has 0 bridgehead atoms. The first-order valence-corrected chi connectivity index (χ1v) is 8.64. The first-order valence-electron chi connectivity index (χ1n) is 8.64. The van der Waals surface area contributed by atoms with Crippen LogP contribution in [0.3, 0.4) is 0 Å². The summed E-state index contributed by atoms with van der Waals surface area (Å²) < 4.78 is 1.91. The number of likely N-dealkylation sites (tertiary alicyclic amines) is 1. The number of nitrogens with zero attached hydrogens (tertiary/aromatic N) is 3. The minimum Gasteiger partial charge on any atom is -0.341 e. The summed E-state index contributed by atoms with van der Waals surface area (Å²) in [5, 5.41) is 7.78. The van der Waals surface area contributed by atoms with Crippen molar-refractivity contribution < 1.29 is 4.79 Å². The van der Waals surface area contributed by atoms with Crippen molar-refractivity contribution in [2.24, 2.45) is 11.8 Å². The second-order valence-corrected chi connectivity index (χ2v) is 7.11. The summed E-state index contributed by atoms with van der Waals surface area (Å²) in [6.07, 6.45) is 7.66. The topological polar surface area (TPSA) is 50.2 Å². The molecule has 2 aliphatic heterocycles. The molecule has 5 nitrogen and oxygen atoms in total. The maximum Gasteiger partial charge on any atom is 0.250 e. The Morgan fingerprint density at radius 1 is 1.27 bits per heavy atom. The van der Waals surface area contributed by atoms with Crippen LogP contribution in [0.1, 0.15) is 39.5 Å². The van der Waals surface area contributed by atoms with Gasteiger partial charge in [0, 0.05) is 25.5 Å². The van der Waals surface area contributed by atoms with Crippen LogP contribution in [0.25, 0.3) is 0 Å². The molecule has 0 saturated carbocycles. The minimum atomic E-state index is -0.473. The van der Waals surface area contributed by atoms with Crippen LogP contribution in [0.15, 0.2) is 18.5 Å². The van der Waals surface area contributed by atoms with E-state index < -0.39 is 5.54 Å². The molecule has 5 heteroatoms. The van der Waals surface area contributed by atoms with E-state index in [0.29, 0.717) is 0 Å². The molecule has 0 atom stereocenters. The molecule has 3 rings (SSSR count). The molecule has 2 aliphatic rings. The molecule has 0 aromatic carbocycles. The Balaban J connectivity index is 1.76. The highest BCUT2D eigenvalue weighted by atomic mass is 16.2. The first kappa shape index (κ1) is 15.5. The predicted molar refractivity (Wildman–Crippen MR) is 86.4 cm³/mol. The van der Waals surface area contributed by atoms with Gasteiger partial charge in [0.2, 0.25) is 0 Å². The third kappa shape index (κ3) is 2.78. The summed E-state index contributed by atoms with van der Waals surface area (Å²) in [6.45, 7) is 8.15. The van der Waals surface area contributed by atoms with Crippen molar-refractivity contribution in [3.05, 3.63) is 18.5 Å². The number of carbonyl (C=O) groups is 1. The molecule has 1 amide bonds. The lowest BCUT2D eigenvalue weighted by atomic mass is 9.83. The summed E-state index contributed by atoms with van der Waals surface area (Å²) in [6, 6.07) is 1.92. The van der Waals surface area contributed by atoms with Crippen LogP contribution in [0.2, 0.25) is 0 Å². The van der Waals surface area contributed by atoms with Crippen LogP contribution >= 0.6 is 0 Å². The lowest BCUT2D eigenvalue weighted by molar-refractivity contribution is -0.144. The Bertz CT molecular complexity index is 483. The largest absolute Gasteiger partial charge is 0.341 e. The van der Waals surface area contributed by atoms with E-state index in [9.17, 15) is 4.79 Å². The summed E-state index contributed by atoms with van der Waals surface area (Å²) in [5.74, 6) is 1.76. The molecule has 1 N–H and O–H groups in total. The number of rotatable bonds is 3. The van der Waals surface area contributed by atoms with Gasteiger partial charge in [-0.15, -0.1) is 0 Å². The zero-order valence-corrected chi connectivity index (χ0v) is 13.8. The summed E-state index contributed by atoms with van der Waals surface area (Å²) in [4.78, 5) is 15.4. The van der Waals surface area contributed by atoms with Crippen molar-refractivity contribution in [2.45, 2.75) is 45.1 Å². The Labute approximate surface area is 133 Å². The average molecular weight is 304 g/mol. The standard InChI is InChI=1S/C17H28N4O/c1-14(2)15-4-12-20(13-5-15)16(22)17(6-9-18-10-7-17)21-11-3-8-19-21/h3,8,11,14-15,18H,4-7,9-10,12-13H2,1-2H3. The molecule has 2 fully saturated rings. The van der Waals surface area contributed by atoms with Gasteiger partial charge >= 0.3 is 0 Å². The van der Waals surface area contributed by atoms with Gasteiger partial charge in [-0.25, -0.2) is 0 Å². The highest BCUT2D eigenvalue weighted by Crippen LogP contribution is 2.32. The third-order valence-corrected chi connectivity index (χ3v) is 5.54. The number of hydrogen-bond acceptors (Lipinski definition) is 3. The van der Waals surface area contributed by atoms with E-state index in [-0.39, 0.29) is 5.91 Å². The number of carbonyl (C=O) groups excluding carboxylic acids is 1. The van der Waals surface area contributed by atoms with Crippen molar-refractivity contribution in [1.29, 1.82) is 0 Å². The van der Waals surface area contributed by atoms with Gasteiger partial charge in [-0.2, -0.15) is 5.10 Å². The van der Waals surface area contributed by atoms with Gasteiger partial charge in [0.1, 0.15) is 5.54 Å². The normalized spacial score (nSPS) is 23.0. The number of amides is 1. The monoisotopic (exact) mass is 304 g/mol. The highest BCUT2D eigenvalue weighted by Gasteiger charge is 2.45. The number of aromatic nitrogens is 2. The number of nitrogens with one attached hydrogen (secondary N) is 1. The lowest BCUT2D eigenvalue weighted by Crippen LogP contribution is -2.57. The van der Waals surface area contributed by atoms with Gasteiger partial charge in [-0.1, -0.05) is 13.8 Å². The Kier molecular flexibility index (Phi) is 4.52. The van der Waals surface area contributed by atoms with Crippen LogP contribution in [0.4, 0.5) is 0 Å². The molecule has 1 aromatic rings. The van der Waals surface area contributed by atoms with Crippen molar-refractivity contribution >= 4 is 5.91 Å². The first-order chi connectivity index (χ1) is 10.6. The third-order valence-electron chi connectivity index (χ3n) is 5.54. The molecule has 0 unspecified atom stereocenters. The SMILES string of the molecule is CC(C)C1CCN(C(=O)C2(n3cccn3)CCNCC2)CC1. The van der Waals surface area contributed by atoms with Gasteiger partial charge in [-0.3, -0.25) is 9.48 Å². The second-order valence-electron chi connectivity index (χ2n) is 7.11. The smallest absolute Gasteiger partial charge is 0.250 e. The molecule has 0 aliphatic carbocycles. The van der Waals surface area contributed by atoms with Crippen LogP contribution in [-0.2, 0) is 10.3 Å². The molecular formula is C17H28N4O. The molecule has 22 heavy (non-hydrogen) atoms. The summed E-state index contributed by atoms with van der Waals surface area (Å²) >= 11 is 0. The van der Waals surface area contributed by atoms with E-state index in [1.807, 2.05) is 16.9 Å². The van der Waals surface area contributed by atoms with E-state index in [1.54, 1.807) is 6.20 Å². The maximum absolute atomic E-state index is 13.3. The lowest BCUT2D eigenvalue weighted by Gasteiger charge is -2.42. The van der Waals surface area contributed by atoms with Gasteiger partial charge in [0.25, 0.3) is 5.91 Å². The molecule has 1 aromatic heterocycles. The fraction of sp³-hybridized carbons (Fsp3) is 0.765. The van der Waals surface area contributed by atoms with E-state index in [0.717, 1.165) is 63.7 Å². The average Bonchev–Trinajstić information content (AvgIpc) is 3.10. The molecular weight excluding hydrogens is 276 g/mol.